The van der Waals surface area contributed by atoms with Crippen LogP contribution in [0.3, 0.4) is 0 Å². The Bertz CT molecular complexity index is 709. The Morgan fingerprint density at radius 3 is 2.64 bits per heavy atom. The number of rotatable bonds is 3. The molecule has 140 valence electrons. The number of halogens is 1. The van der Waals surface area contributed by atoms with Crippen LogP contribution in [-0.2, 0) is 10.0 Å². The number of nitrogens with zero attached hydrogens (tertiary/aromatic N) is 2. The van der Waals surface area contributed by atoms with Crippen molar-refractivity contribution in [1.82, 2.24) is 14.5 Å². The van der Waals surface area contributed by atoms with Crippen LogP contribution in [-0.4, -0.2) is 76.1 Å². The fraction of sp³-hybridized carbons (Fsp3) is 0.625. The number of piperazine rings is 1. The second-order valence-corrected chi connectivity index (χ2v) is 8.28. The molecule has 1 aromatic rings. The van der Waals surface area contributed by atoms with Gasteiger partial charge in [0.1, 0.15) is 18.1 Å². The Labute approximate surface area is 154 Å². The Hall–Kier alpha value is -1.06. The lowest BCUT2D eigenvalue weighted by molar-refractivity contribution is 0.166. The lowest BCUT2D eigenvalue weighted by Crippen LogP contribution is -2.49. The molecule has 2 fully saturated rings. The highest BCUT2D eigenvalue weighted by Gasteiger charge is 2.37. The quantitative estimate of drug-likeness (QED) is 0.814. The average Bonchev–Trinajstić information content (AvgIpc) is 3.13. The first kappa shape index (κ1) is 18.7. The molecule has 7 nitrogen and oxygen atoms in total. The van der Waals surface area contributed by atoms with Gasteiger partial charge in [0.2, 0.25) is 10.0 Å². The summed E-state index contributed by atoms with van der Waals surface area (Å²) in [7, 11) is -3.57. The number of ether oxygens (including phenoxy) is 2. The zero-order valence-corrected chi connectivity index (χ0v) is 15.7. The van der Waals surface area contributed by atoms with Gasteiger partial charge in [-0.3, -0.25) is 4.90 Å². The van der Waals surface area contributed by atoms with Crippen LogP contribution in [0.15, 0.2) is 23.1 Å². The number of para-hydroxylation sites is 1. The van der Waals surface area contributed by atoms with Crippen LogP contribution in [0.1, 0.15) is 6.42 Å². The van der Waals surface area contributed by atoms with Crippen LogP contribution in [0.25, 0.3) is 0 Å². The van der Waals surface area contributed by atoms with Crippen molar-refractivity contribution in [1.29, 1.82) is 0 Å². The van der Waals surface area contributed by atoms with Gasteiger partial charge in [-0.25, -0.2) is 8.42 Å². The summed E-state index contributed by atoms with van der Waals surface area (Å²) in [5.41, 5.74) is 0. The molecule has 0 bridgehead atoms. The first-order valence-electron chi connectivity index (χ1n) is 8.50. The highest BCUT2D eigenvalue weighted by atomic mass is 35.5. The summed E-state index contributed by atoms with van der Waals surface area (Å²) in [5.74, 6) is 0.870. The van der Waals surface area contributed by atoms with Gasteiger partial charge < -0.3 is 14.8 Å². The van der Waals surface area contributed by atoms with E-state index in [1.165, 1.54) is 0 Å². The zero-order valence-electron chi connectivity index (χ0n) is 14.0. The number of fused-ring (bicyclic) bond motifs is 1. The number of benzene rings is 1. The van der Waals surface area contributed by atoms with Crippen molar-refractivity contribution in [2.45, 2.75) is 17.4 Å². The minimum atomic E-state index is -3.57. The first-order valence-corrected chi connectivity index (χ1v) is 9.94. The molecule has 3 aliphatic rings. The molecule has 4 rings (SSSR count). The molecule has 0 spiro atoms. The molecule has 25 heavy (non-hydrogen) atoms. The van der Waals surface area contributed by atoms with E-state index in [-0.39, 0.29) is 17.3 Å². The maximum atomic E-state index is 13.1. The van der Waals surface area contributed by atoms with E-state index in [2.05, 4.69) is 10.2 Å². The van der Waals surface area contributed by atoms with Gasteiger partial charge >= 0.3 is 0 Å². The number of hydrogen-bond donors (Lipinski definition) is 1. The minimum absolute atomic E-state index is 0. The number of hydrogen-bond acceptors (Lipinski definition) is 6. The van der Waals surface area contributed by atoms with E-state index in [9.17, 15) is 8.42 Å². The molecule has 0 amide bonds. The van der Waals surface area contributed by atoms with Crippen molar-refractivity contribution >= 4 is 22.4 Å². The van der Waals surface area contributed by atoms with Crippen molar-refractivity contribution in [2.75, 3.05) is 52.5 Å². The zero-order chi connectivity index (χ0) is 16.6. The van der Waals surface area contributed by atoms with Crippen LogP contribution in [0, 0.1) is 0 Å². The topological polar surface area (TPSA) is 71.1 Å². The summed E-state index contributed by atoms with van der Waals surface area (Å²) in [6, 6.07) is 5.38. The van der Waals surface area contributed by atoms with E-state index in [0.717, 1.165) is 32.6 Å². The van der Waals surface area contributed by atoms with Gasteiger partial charge in [0.05, 0.1) is 0 Å². The van der Waals surface area contributed by atoms with Crippen molar-refractivity contribution in [2.24, 2.45) is 0 Å². The molecule has 3 aliphatic heterocycles. The fourth-order valence-electron chi connectivity index (χ4n) is 3.66. The Kier molecular flexibility index (Phi) is 5.75. The molecule has 0 radical (unpaired) electrons. The molecular formula is C16H24ClN3O4S. The average molecular weight is 390 g/mol. The third-order valence-electron chi connectivity index (χ3n) is 4.94. The first-order chi connectivity index (χ1) is 11.7. The van der Waals surface area contributed by atoms with Gasteiger partial charge in [-0.05, 0) is 18.6 Å². The largest absolute Gasteiger partial charge is 0.486 e. The van der Waals surface area contributed by atoms with E-state index in [1.54, 1.807) is 22.5 Å². The van der Waals surface area contributed by atoms with Gasteiger partial charge in [0.25, 0.3) is 0 Å². The second kappa shape index (κ2) is 7.67. The summed E-state index contributed by atoms with van der Waals surface area (Å²) >= 11 is 0. The van der Waals surface area contributed by atoms with E-state index in [4.69, 9.17) is 9.47 Å². The molecular weight excluding hydrogens is 366 g/mol. The highest BCUT2D eigenvalue weighted by molar-refractivity contribution is 7.89. The summed E-state index contributed by atoms with van der Waals surface area (Å²) in [6.07, 6.45) is 0.881. The van der Waals surface area contributed by atoms with Gasteiger partial charge in [0.15, 0.2) is 11.5 Å². The van der Waals surface area contributed by atoms with E-state index in [1.807, 2.05) is 0 Å². The predicted octanol–water partition coefficient (Wildman–Crippen LogP) is 0.548. The lowest BCUT2D eigenvalue weighted by Gasteiger charge is -2.32. The summed E-state index contributed by atoms with van der Waals surface area (Å²) in [4.78, 5) is 2.62. The van der Waals surface area contributed by atoms with Crippen molar-refractivity contribution in [3.05, 3.63) is 18.2 Å². The molecule has 0 aromatic heterocycles. The van der Waals surface area contributed by atoms with Crippen molar-refractivity contribution in [3.8, 4) is 11.5 Å². The highest BCUT2D eigenvalue weighted by Crippen LogP contribution is 2.38. The Balaban J connectivity index is 0.00000182. The molecule has 2 saturated heterocycles. The molecule has 3 heterocycles. The third kappa shape index (κ3) is 3.59. The third-order valence-corrected chi connectivity index (χ3v) is 6.83. The molecule has 9 heteroatoms. The monoisotopic (exact) mass is 389 g/mol. The van der Waals surface area contributed by atoms with Crippen LogP contribution in [0.2, 0.25) is 0 Å². The van der Waals surface area contributed by atoms with Gasteiger partial charge in [0, 0.05) is 45.3 Å². The summed E-state index contributed by atoms with van der Waals surface area (Å²) in [5, 5.41) is 3.34. The molecule has 0 saturated carbocycles. The van der Waals surface area contributed by atoms with Crippen LogP contribution in [0.5, 0.6) is 11.5 Å². The van der Waals surface area contributed by atoms with Crippen molar-refractivity contribution < 1.29 is 17.9 Å². The van der Waals surface area contributed by atoms with Crippen LogP contribution < -0.4 is 14.8 Å². The summed E-state index contributed by atoms with van der Waals surface area (Å²) < 4.78 is 38.9. The van der Waals surface area contributed by atoms with Crippen LogP contribution in [0.4, 0.5) is 0 Å². The van der Waals surface area contributed by atoms with E-state index >= 15 is 0 Å². The fourth-order valence-corrected chi connectivity index (χ4v) is 5.30. The van der Waals surface area contributed by atoms with Gasteiger partial charge in [-0.15, -0.1) is 12.4 Å². The molecule has 1 atom stereocenters. The van der Waals surface area contributed by atoms with Crippen molar-refractivity contribution in [3.63, 3.8) is 0 Å². The standard InChI is InChI=1S/C16H23N3O4S.ClH/c20-24(21,15-3-1-2-14-16(15)23-11-10-22-14)19-7-4-13(12-19)18-8-5-17-6-9-18;/h1-3,13,17H,4-12H2;1H. The molecule has 1 N–H and O–H groups in total. The van der Waals surface area contributed by atoms with E-state index in [0.29, 0.717) is 43.8 Å². The predicted molar refractivity (Wildman–Crippen MR) is 96.3 cm³/mol. The molecule has 1 unspecified atom stereocenters. The molecule has 0 aliphatic carbocycles. The number of sulfonamides is 1. The normalized spacial score (nSPS) is 24.7. The maximum Gasteiger partial charge on any atom is 0.246 e. The smallest absolute Gasteiger partial charge is 0.246 e. The molecule has 1 aromatic carbocycles. The van der Waals surface area contributed by atoms with Gasteiger partial charge in [-0.1, -0.05) is 6.07 Å². The maximum absolute atomic E-state index is 13.1. The van der Waals surface area contributed by atoms with E-state index < -0.39 is 10.0 Å². The second-order valence-electron chi connectivity index (χ2n) is 6.37. The Morgan fingerprint density at radius 1 is 1.08 bits per heavy atom. The lowest BCUT2D eigenvalue weighted by atomic mass is 10.2. The van der Waals surface area contributed by atoms with Crippen LogP contribution >= 0.6 is 12.4 Å². The minimum Gasteiger partial charge on any atom is -0.486 e. The Morgan fingerprint density at radius 2 is 1.84 bits per heavy atom. The summed E-state index contributed by atoms with van der Waals surface area (Å²) in [6.45, 7) is 5.84. The SMILES string of the molecule is Cl.O=S(=O)(c1cccc2c1OCCO2)N1CCC(N2CCNCC2)C1. The number of nitrogens with one attached hydrogen (secondary N) is 1. The van der Waals surface area contributed by atoms with Gasteiger partial charge in [-0.2, -0.15) is 4.31 Å².